The van der Waals surface area contributed by atoms with Crippen molar-refractivity contribution in [3.05, 3.63) is 17.5 Å². The van der Waals surface area contributed by atoms with Crippen molar-refractivity contribution in [2.24, 2.45) is 7.05 Å². The first-order valence-corrected chi connectivity index (χ1v) is 7.33. The second-order valence-electron chi connectivity index (χ2n) is 5.78. The van der Waals surface area contributed by atoms with Gasteiger partial charge in [-0.05, 0) is 32.9 Å². The third kappa shape index (κ3) is 3.00. The van der Waals surface area contributed by atoms with E-state index in [1.807, 2.05) is 32.8 Å². The molecular weight excluding hydrogens is 238 g/mol. The molecule has 0 aromatic carbocycles. The maximum absolute atomic E-state index is 5.96. The average molecular weight is 265 g/mol. The van der Waals surface area contributed by atoms with Gasteiger partial charge in [0.05, 0.1) is 11.3 Å². The van der Waals surface area contributed by atoms with Crippen LogP contribution in [0.15, 0.2) is 6.07 Å². The number of nitrogens with one attached hydrogen (secondary N) is 1. The molecule has 4 heteroatoms. The minimum Gasteiger partial charge on any atom is -0.377 e. The Morgan fingerprint density at radius 3 is 2.58 bits per heavy atom. The Bertz CT molecular complexity index is 408. The van der Waals surface area contributed by atoms with Gasteiger partial charge in [-0.25, -0.2) is 0 Å². The van der Waals surface area contributed by atoms with E-state index < -0.39 is 0 Å². The van der Waals surface area contributed by atoms with Gasteiger partial charge in [-0.3, -0.25) is 4.68 Å². The second kappa shape index (κ2) is 6.06. The van der Waals surface area contributed by atoms with Gasteiger partial charge in [0.25, 0.3) is 0 Å². The zero-order valence-corrected chi connectivity index (χ0v) is 12.7. The molecule has 0 radical (unpaired) electrons. The third-order valence-corrected chi connectivity index (χ3v) is 4.60. The smallest absolute Gasteiger partial charge is 0.0834 e. The van der Waals surface area contributed by atoms with Gasteiger partial charge < -0.3 is 10.1 Å². The number of likely N-dealkylation sites (N-methyl/N-ethyl adjacent to an activating group) is 1. The first-order chi connectivity index (χ1) is 9.11. The van der Waals surface area contributed by atoms with E-state index in [1.165, 1.54) is 25.0 Å². The van der Waals surface area contributed by atoms with Gasteiger partial charge >= 0.3 is 0 Å². The van der Waals surface area contributed by atoms with Crippen LogP contribution in [0.3, 0.4) is 0 Å². The van der Waals surface area contributed by atoms with E-state index in [4.69, 9.17) is 4.74 Å². The summed E-state index contributed by atoms with van der Waals surface area (Å²) >= 11 is 0. The lowest BCUT2D eigenvalue weighted by Crippen LogP contribution is -2.53. The molecule has 0 bridgehead atoms. The number of aromatic nitrogens is 2. The molecule has 1 aromatic heterocycles. The lowest BCUT2D eigenvalue weighted by molar-refractivity contribution is -0.0660. The summed E-state index contributed by atoms with van der Waals surface area (Å²) in [5, 5.41) is 7.92. The van der Waals surface area contributed by atoms with Gasteiger partial charge in [0.15, 0.2) is 0 Å². The van der Waals surface area contributed by atoms with Crippen LogP contribution >= 0.6 is 0 Å². The van der Waals surface area contributed by atoms with Gasteiger partial charge in [0.1, 0.15) is 0 Å². The lowest BCUT2D eigenvalue weighted by Gasteiger charge is -2.42. The van der Waals surface area contributed by atoms with Gasteiger partial charge in [0.2, 0.25) is 0 Å². The summed E-state index contributed by atoms with van der Waals surface area (Å²) in [4.78, 5) is 0. The number of rotatable bonds is 5. The molecule has 4 nitrogen and oxygen atoms in total. The maximum Gasteiger partial charge on any atom is 0.0834 e. The Morgan fingerprint density at radius 2 is 2.11 bits per heavy atom. The van der Waals surface area contributed by atoms with Crippen molar-refractivity contribution in [1.82, 2.24) is 15.1 Å². The highest BCUT2D eigenvalue weighted by Gasteiger charge is 2.39. The highest BCUT2D eigenvalue weighted by molar-refractivity contribution is 5.12. The molecule has 108 valence electrons. The van der Waals surface area contributed by atoms with Crippen LogP contribution in [0.1, 0.15) is 43.5 Å². The van der Waals surface area contributed by atoms with Crippen molar-refractivity contribution >= 4 is 0 Å². The molecule has 0 amide bonds. The summed E-state index contributed by atoms with van der Waals surface area (Å²) in [5.74, 6) is 0. The number of hydrogen-bond acceptors (Lipinski definition) is 3. The van der Waals surface area contributed by atoms with Crippen molar-refractivity contribution in [2.45, 2.75) is 57.1 Å². The summed E-state index contributed by atoms with van der Waals surface area (Å²) in [6, 6.07) is 2.53. The molecular formula is C15H27N3O. The van der Waals surface area contributed by atoms with Crippen LogP contribution in [0, 0.1) is 6.92 Å². The highest BCUT2D eigenvalue weighted by atomic mass is 16.5. The maximum atomic E-state index is 5.96. The summed E-state index contributed by atoms with van der Waals surface area (Å²) in [5.41, 5.74) is 2.35. The average Bonchev–Trinajstić information content (AvgIpc) is 2.75. The lowest BCUT2D eigenvalue weighted by atomic mass is 9.77. The number of nitrogens with zero attached hydrogens (tertiary/aromatic N) is 2. The molecule has 1 N–H and O–H groups in total. The van der Waals surface area contributed by atoms with E-state index in [1.54, 1.807) is 0 Å². The molecule has 1 aromatic rings. The predicted molar refractivity (Wildman–Crippen MR) is 77.3 cm³/mol. The van der Waals surface area contributed by atoms with Crippen LogP contribution in [-0.4, -0.2) is 35.6 Å². The Kier molecular flexibility index (Phi) is 4.63. The highest BCUT2D eigenvalue weighted by Crippen LogP contribution is 2.35. The van der Waals surface area contributed by atoms with E-state index in [0.717, 1.165) is 25.0 Å². The normalized spacial score (nSPS) is 20.4. The monoisotopic (exact) mass is 265 g/mol. The van der Waals surface area contributed by atoms with Crippen LogP contribution in [0.2, 0.25) is 0 Å². The number of methoxy groups -OCH3 is 1. The fourth-order valence-corrected chi connectivity index (χ4v) is 3.46. The summed E-state index contributed by atoms with van der Waals surface area (Å²) < 4.78 is 7.95. The van der Waals surface area contributed by atoms with Gasteiger partial charge in [0, 0.05) is 32.3 Å². The fraction of sp³-hybridized carbons (Fsp3) is 0.800. The van der Waals surface area contributed by atoms with Crippen LogP contribution in [0.4, 0.5) is 0 Å². The van der Waals surface area contributed by atoms with Gasteiger partial charge in [-0.2, -0.15) is 5.10 Å². The van der Waals surface area contributed by atoms with Crippen molar-refractivity contribution in [3.8, 4) is 0 Å². The molecule has 1 fully saturated rings. The van der Waals surface area contributed by atoms with Crippen molar-refractivity contribution in [2.75, 3.05) is 14.2 Å². The molecule has 0 aliphatic heterocycles. The molecule has 0 spiro atoms. The molecule has 1 atom stereocenters. The topological polar surface area (TPSA) is 39.1 Å². The molecule has 1 aliphatic rings. The van der Waals surface area contributed by atoms with E-state index in [0.29, 0.717) is 6.04 Å². The molecule has 19 heavy (non-hydrogen) atoms. The Hall–Kier alpha value is -0.870. The third-order valence-electron chi connectivity index (χ3n) is 4.60. The molecule has 1 unspecified atom stereocenters. The SMILES string of the molecule is CNC(Cc1cc(C)nn1C)C1(OC)CCCCC1. The largest absolute Gasteiger partial charge is 0.377 e. The Balaban J connectivity index is 2.16. The Morgan fingerprint density at radius 1 is 1.42 bits per heavy atom. The van der Waals surface area contributed by atoms with Crippen molar-refractivity contribution in [3.63, 3.8) is 0 Å². The number of hydrogen-bond donors (Lipinski definition) is 1. The van der Waals surface area contributed by atoms with Crippen LogP contribution in [0.25, 0.3) is 0 Å². The minimum absolute atomic E-state index is 0.00876. The molecule has 1 aliphatic carbocycles. The first kappa shape index (κ1) is 14.5. The van der Waals surface area contributed by atoms with Crippen molar-refractivity contribution < 1.29 is 4.74 Å². The summed E-state index contributed by atoms with van der Waals surface area (Å²) in [7, 11) is 5.93. The van der Waals surface area contributed by atoms with Gasteiger partial charge in [-0.1, -0.05) is 19.3 Å². The van der Waals surface area contributed by atoms with E-state index in [-0.39, 0.29) is 5.60 Å². The molecule has 2 rings (SSSR count). The Labute approximate surface area is 116 Å². The standard InChI is InChI=1S/C15H27N3O/c1-12-10-13(18(3)17-12)11-14(16-2)15(19-4)8-6-5-7-9-15/h10,14,16H,5-9,11H2,1-4H3. The minimum atomic E-state index is -0.00876. The fourth-order valence-electron chi connectivity index (χ4n) is 3.46. The summed E-state index contributed by atoms with van der Waals surface area (Å²) in [6.45, 7) is 2.05. The second-order valence-corrected chi connectivity index (χ2v) is 5.78. The quantitative estimate of drug-likeness (QED) is 0.887. The number of aryl methyl sites for hydroxylation is 2. The molecule has 0 saturated heterocycles. The predicted octanol–water partition coefficient (Wildman–Crippen LogP) is 2.21. The van der Waals surface area contributed by atoms with Gasteiger partial charge in [-0.15, -0.1) is 0 Å². The molecule has 1 saturated carbocycles. The van der Waals surface area contributed by atoms with Crippen molar-refractivity contribution in [1.29, 1.82) is 0 Å². The van der Waals surface area contributed by atoms with Crippen LogP contribution in [-0.2, 0) is 18.2 Å². The first-order valence-electron chi connectivity index (χ1n) is 7.33. The van der Waals surface area contributed by atoms with E-state index >= 15 is 0 Å². The summed E-state index contributed by atoms with van der Waals surface area (Å²) in [6.07, 6.45) is 7.18. The van der Waals surface area contributed by atoms with Crippen LogP contribution in [0.5, 0.6) is 0 Å². The zero-order valence-electron chi connectivity index (χ0n) is 12.7. The molecule has 1 heterocycles. The number of ether oxygens (including phenoxy) is 1. The van der Waals surface area contributed by atoms with E-state index in [2.05, 4.69) is 16.5 Å². The van der Waals surface area contributed by atoms with Crippen LogP contribution < -0.4 is 5.32 Å². The van der Waals surface area contributed by atoms with E-state index in [9.17, 15) is 0 Å². The zero-order chi connectivity index (χ0) is 13.9.